The number of aryl methyl sites for hydroxylation is 1. The molecule has 4 nitrogen and oxygen atoms in total. The molecular formula is C15H11F2NO3. The smallest absolute Gasteiger partial charge is 0.387 e. The fourth-order valence-electron chi connectivity index (χ4n) is 1.92. The van der Waals surface area contributed by atoms with Crippen molar-refractivity contribution in [2.45, 2.75) is 19.5 Å². The normalized spacial score (nSPS) is 12.0. The molecule has 1 aromatic heterocycles. The minimum atomic E-state index is -2.92. The largest absolute Gasteiger partial charge is 0.469 e. The maximum Gasteiger partial charge on any atom is 0.387 e. The standard InChI is InChI=1S/C15H11F2NO3/c1-9-12(6-7-20-9)14(19)13(8-18)10-2-4-11(5-3-10)21-15(16)17/h2-7,13,15H,1H3. The van der Waals surface area contributed by atoms with Crippen LogP contribution in [0.2, 0.25) is 0 Å². The van der Waals surface area contributed by atoms with E-state index in [1.54, 1.807) is 6.92 Å². The number of rotatable bonds is 5. The third-order valence-corrected chi connectivity index (χ3v) is 2.95. The average Bonchev–Trinajstić information content (AvgIpc) is 2.87. The van der Waals surface area contributed by atoms with Crippen molar-refractivity contribution in [3.8, 4) is 11.8 Å². The molecule has 21 heavy (non-hydrogen) atoms. The van der Waals surface area contributed by atoms with Gasteiger partial charge in [0, 0.05) is 0 Å². The van der Waals surface area contributed by atoms with E-state index >= 15 is 0 Å². The summed E-state index contributed by atoms with van der Waals surface area (Å²) in [5, 5.41) is 9.20. The number of hydrogen-bond donors (Lipinski definition) is 0. The van der Waals surface area contributed by atoms with Crippen LogP contribution in [0.4, 0.5) is 8.78 Å². The predicted molar refractivity (Wildman–Crippen MR) is 69.2 cm³/mol. The molecule has 0 bridgehead atoms. The molecule has 0 aliphatic heterocycles. The first-order valence-corrected chi connectivity index (χ1v) is 6.05. The number of halogens is 2. The van der Waals surface area contributed by atoms with Crippen LogP contribution in [0.15, 0.2) is 41.0 Å². The van der Waals surface area contributed by atoms with E-state index in [1.807, 2.05) is 6.07 Å². The van der Waals surface area contributed by atoms with E-state index < -0.39 is 18.3 Å². The summed E-state index contributed by atoms with van der Waals surface area (Å²) in [6, 6.07) is 8.83. The van der Waals surface area contributed by atoms with Gasteiger partial charge in [0.15, 0.2) is 5.78 Å². The zero-order valence-electron chi connectivity index (χ0n) is 11.0. The van der Waals surface area contributed by atoms with Gasteiger partial charge < -0.3 is 9.15 Å². The summed E-state index contributed by atoms with van der Waals surface area (Å²) < 4.78 is 33.4. The Balaban J connectivity index is 2.24. The van der Waals surface area contributed by atoms with E-state index in [0.29, 0.717) is 16.9 Å². The Hall–Kier alpha value is -2.68. The van der Waals surface area contributed by atoms with E-state index in [4.69, 9.17) is 4.42 Å². The summed E-state index contributed by atoms with van der Waals surface area (Å²) >= 11 is 0. The predicted octanol–water partition coefficient (Wildman–Crippen LogP) is 3.68. The fourth-order valence-corrected chi connectivity index (χ4v) is 1.92. The van der Waals surface area contributed by atoms with Gasteiger partial charge in [0.1, 0.15) is 17.4 Å². The Morgan fingerprint density at radius 3 is 2.43 bits per heavy atom. The molecule has 0 fully saturated rings. The zero-order valence-corrected chi connectivity index (χ0v) is 11.0. The Morgan fingerprint density at radius 1 is 1.29 bits per heavy atom. The molecule has 1 atom stereocenters. The Kier molecular flexibility index (Phi) is 4.33. The van der Waals surface area contributed by atoms with Crippen molar-refractivity contribution in [1.82, 2.24) is 0 Å². The highest BCUT2D eigenvalue weighted by Gasteiger charge is 2.24. The number of nitriles is 1. The molecule has 0 saturated carbocycles. The third kappa shape index (κ3) is 3.26. The van der Waals surface area contributed by atoms with Crippen molar-refractivity contribution in [3.05, 3.63) is 53.5 Å². The monoisotopic (exact) mass is 291 g/mol. The second-order valence-corrected chi connectivity index (χ2v) is 4.26. The molecule has 0 N–H and O–H groups in total. The second-order valence-electron chi connectivity index (χ2n) is 4.26. The SMILES string of the molecule is Cc1occc1C(=O)C(C#N)c1ccc(OC(F)F)cc1. The van der Waals surface area contributed by atoms with Gasteiger partial charge in [-0.3, -0.25) is 4.79 Å². The molecule has 6 heteroatoms. The molecule has 1 heterocycles. The number of carbonyl (C=O) groups is 1. The second kappa shape index (κ2) is 6.18. The number of ether oxygens (including phenoxy) is 1. The van der Waals surface area contributed by atoms with Crippen molar-refractivity contribution in [2.75, 3.05) is 0 Å². The lowest BCUT2D eigenvalue weighted by molar-refractivity contribution is -0.0498. The summed E-state index contributed by atoms with van der Waals surface area (Å²) in [5.41, 5.74) is 0.735. The van der Waals surface area contributed by atoms with Gasteiger partial charge >= 0.3 is 6.61 Å². The number of alkyl halides is 2. The first kappa shape index (κ1) is 14.7. The Labute approximate surface area is 119 Å². The first-order valence-electron chi connectivity index (χ1n) is 6.05. The lowest BCUT2D eigenvalue weighted by atomic mass is 9.92. The molecule has 0 amide bonds. The van der Waals surface area contributed by atoms with Gasteiger partial charge in [-0.05, 0) is 30.7 Å². The summed E-state index contributed by atoms with van der Waals surface area (Å²) in [4.78, 5) is 12.3. The Morgan fingerprint density at radius 2 is 1.95 bits per heavy atom. The molecular weight excluding hydrogens is 280 g/mol. The van der Waals surface area contributed by atoms with E-state index in [-0.39, 0.29) is 5.75 Å². The number of benzene rings is 1. The third-order valence-electron chi connectivity index (χ3n) is 2.95. The van der Waals surface area contributed by atoms with E-state index in [2.05, 4.69) is 4.74 Å². The fraction of sp³-hybridized carbons (Fsp3) is 0.200. The number of nitrogens with zero attached hydrogens (tertiary/aromatic N) is 1. The van der Waals surface area contributed by atoms with Crippen molar-refractivity contribution < 1.29 is 22.7 Å². The quantitative estimate of drug-likeness (QED) is 0.788. The summed E-state index contributed by atoms with van der Waals surface area (Å²) in [7, 11) is 0. The zero-order chi connectivity index (χ0) is 15.4. The highest BCUT2D eigenvalue weighted by atomic mass is 19.3. The molecule has 1 unspecified atom stereocenters. The van der Waals surface area contributed by atoms with E-state index in [0.717, 1.165) is 0 Å². The molecule has 0 spiro atoms. The van der Waals surface area contributed by atoms with E-state index in [9.17, 15) is 18.8 Å². The van der Waals surface area contributed by atoms with E-state index in [1.165, 1.54) is 36.6 Å². The molecule has 1 aromatic carbocycles. The van der Waals surface area contributed by atoms with Crippen LogP contribution in [-0.4, -0.2) is 12.4 Å². The summed E-state index contributed by atoms with van der Waals surface area (Å²) in [5.74, 6) is -1.02. The Bertz CT molecular complexity index is 671. The molecule has 2 aromatic rings. The van der Waals surface area contributed by atoms with Crippen LogP contribution in [0, 0.1) is 18.3 Å². The molecule has 0 aliphatic carbocycles. The number of carbonyl (C=O) groups excluding carboxylic acids is 1. The molecule has 2 rings (SSSR count). The van der Waals surface area contributed by atoms with Crippen LogP contribution < -0.4 is 4.74 Å². The minimum absolute atomic E-state index is 0.0302. The molecule has 108 valence electrons. The lowest BCUT2D eigenvalue weighted by Crippen LogP contribution is -2.11. The van der Waals surface area contributed by atoms with Crippen LogP contribution >= 0.6 is 0 Å². The first-order chi connectivity index (χ1) is 10.0. The van der Waals surface area contributed by atoms with Crippen molar-refractivity contribution in [1.29, 1.82) is 5.26 Å². The molecule has 0 saturated heterocycles. The van der Waals surface area contributed by atoms with Gasteiger partial charge in [-0.25, -0.2) is 0 Å². The van der Waals surface area contributed by atoms with Crippen LogP contribution in [0.5, 0.6) is 5.75 Å². The number of furan rings is 1. The van der Waals surface area contributed by atoms with Crippen LogP contribution in [-0.2, 0) is 0 Å². The summed E-state index contributed by atoms with van der Waals surface area (Å²) in [6.07, 6.45) is 1.37. The maximum absolute atomic E-state index is 12.3. The number of hydrogen-bond acceptors (Lipinski definition) is 4. The minimum Gasteiger partial charge on any atom is -0.469 e. The van der Waals surface area contributed by atoms with Gasteiger partial charge in [0.25, 0.3) is 0 Å². The maximum atomic E-state index is 12.3. The van der Waals surface area contributed by atoms with Crippen molar-refractivity contribution in [3.63, 3.8) is 0 Å². The van der Waals surface area contributed by atoms with Crippen molar-refractivity contribution >= 4 is 5.78 Å². The van der Waals surface area contributed by atoms with Crippen LogP contribution in [0.25, 0.3) is 0 Å². The van der Waals surface area contributed by atoms with Crippen LogP contribution in [0.1, 0.15) is 27.6 Å². The number of Topliss-reactive ketones (excluding diaryl/α,β-unsaturated/α-hetero) is 1. The van der Waals surface area contributed by atoms with Gasteiger partial charge in [0.2, 0.25) is 0 Å². The topological polar surface area (TPSA) is 63.2 Å². The molecule has 0 aliphatic rings. The lowest BCUT2D eigenvalue weighted by Gasteiger charge is -2.09. The average molecular weight is 291 g/mol. The van der Waals surface area contributed by atoms with Gasteiger partial charge in [0.05, 0.1) is 17.9 Å². The van der Waals surface area contributed by atoms with Crippen molar-refractivity contribution in [2.24, 2.45) is 0 Å². The highest BCUT2D eigenvalue weighted by Crippen LogP contribution is 2.25. The highest BCUT2D eigenvalue weighted by molar-refractivity contribution is 6.03. The molecule has 0 radical (unpaired) electrons. The van der Waals surface area contributed by atoms with Gasteiger partial charge in [-0.2, -0.15) is 14.0 Å². The van der Waals surface area contributed by atoms with Gasteiger partial charge in [-0.1, -0.05) is 12.1 Å². The van der Waals surface area contributed by atoms with Crippen LogP contribution in [0.3, 0.4) is 0 Å². The van der Waals surface area contributed by atoms with Gasteiger partial charge in [-0.15, -0.1) is 0 Å². The summed E-state index contributed by atoms with van der Waals surface area (Å²) in [6.45, 7) is -1.29. The number of ketones is 1.